The van der Waals surface area contributed by atoms with Crippen molar-refractivity contribution in [2.24, 2.45) is 0 Å². The third-order valence-corrected chi connectivity index (χ3v) is 2.58. The van der Waals surface area contributed by atoms with Crippen LogP contribution in [0.5, 0.6) is 0 Å². The molecule has 0 aliphatic heterocycles. The van der Waals surface area contributed by atoms with Gasteiger partial charge < -0.3 is 0 Å². The maximum atomic E-state index is 10.7. The Kier molecular flexibility index (Phi) is 4.35. The molecule has 0 aliphatic rings. The van der Waals surface area contributed by atoms with Gasteiger partial charge in [0, 0.05) is 22.0 Å². The summed E-state index contributed by atoms with van der Waals surface area (Å²) in [6.07, 6.45) is 1.40. The maximum Gasteiger partial charge on any atom is 0.273 e. The predicted molar refractivity (Wildman–Crippen MR) is 59.8 cm³/mol. The van der Waals surface area contributed by atoms with Gasteiger partial charge in [-0.15, -0.1) is 11.6 Å². The number of alkyl halides is 1. The van der Waals surface area contributed by atoms with Crippen LogP contribution in [0.2, 0.25) is 0 Å². The van der Waals surface area contributed by atoms with Crippen LogP contribution in [-0.2, 0) is 6.42 Å². The van der Waals surface area contributed by atoms with Crippen molar-refractivity contribution < 1.29 is 4.92 Å². The number of nitro groups is 1. The van der Waals surface area contributed by atoms with Gasteiger partial charge in [-0.2, -0.15) is 0 Å². The van der Waals surface area contributed by atoms with Gasteiger partial charge in [-0.05, 0) is 18.9 Å². The molecule has 0 bridgehead atoms. The highest BCUT2D eigenvalue weighted by atomic mass is 79.9. The summed E-state index contributed by atoms with van der Waals surface area (Å²) in [5, 5.41) is 10.7. The van der Waals surface area contributed by atoms with Crippen molar-refractivity contribution >= 4 is 33.2 Å². The van der Waals surface area contributed by atoms with Crippen molar-refractivity contribution in [3.8, 4) is 0 Å². The molecular weight excluding hydrogens is 269 g/mol. The van der Waals surface area contributed by atoms with Crippen LogP contribution >= 0.6 is 27.5 Å². The SMILES string of the molecule is O=[N+]([O-])c1cc(Br)ccc1CCCCl. The molecule has 0 amide bonds. The molecule has 0 saturated heterocycles. The monoisotopic (exact) mass is 277 g/mol. The van der Waals surface area contributed by atoms with Crippen molar-refractivity contribution in [1.82, 2.24) is 0 Å². The van der Waals surface area contributed by atoms with Crippen molar-refractivity contribution in [1.29, 1.82) is 0 Å². The van der Waals surface area contributed by atoms with Gasteiger partial charge >= 0.3 is 0 Å². The molecule has 0 unspecified atom stereocenters. The lowest BCUT2D eigenvalue weighted by Crippen LogP contribution is -1.96. The van der Waals surface area contributed by atoms with Crippen LogP contribution in [0.3, 0.4) is 0 Å². The van der Waals surface area contributed by atoms with Crippen LogP contribution in [0.1, 0.15) is 12.0 Å². The van der Waals surface area contributed by atoms with E-state index in [0.717, 1.165) is 16.5 Å². The van der Waals surface area contributed by atoms with Gasteiger partial charge in [-0.3, -0.25) is 10.1 Å². The highest BCUT2D eigenvalue weighted by Crippen LogP contribution is 2.24. The first-order valence-electron chi connectivity index (χ1n) is 4.14. The highest BCUT2D eigenvalue weighted by molar-refractivity contribution is 9.10. The average Bonchev–Trinajstić information content (AvgIpc) is 2.15. The van der Waals surface area contributed by atoms with Gasteiger partial charge in [0.1, 0.15) is 0 Å². The van der Waals surface area contributed by atoms with Crippen LogP contribution in [0.25, 0.3) is 0 Å². The zero-order valence-electron chi connectivity index (χ0n) is 7.37. The summed E-state index contributed by atoms with van der Waals surface area (Å²) < 4.78 is 0.721. The Hall–Kier alpha value is -0.610. The fraction of sp³-hybridized carbons (Fsp3) is 0.333. The van der Waals surface area contributed by atoms with Crippen LogP contribution in [-0.4, -0.2) is 10.8 Å². The Balaban J connectivity index is 2.96. The fourth-order valence-electron chi connectivity index (χ4n) is 1.18. The molecule has 5 heteroatoms. The first-order chi connectivity index (χ1) is 6.65. The van der Waals surface area contributed by atoms with E-state index in [1.807, 2.05) is 0 Å². The molecule has 0 aliphatic carbocycles. The van der Waals surface area contributed by atoms with E-state index in [-0.39, 0.29) is 10.6 Å². The van der Waals surface area contributed by atoms with Gasteiger partial charge in [0.25, 0.3) is 5.69 Å². The zero-order chi connectivity index (χ0) is 10.6. The third-order valence-electron chi connectivity index (χ3n) is 1.82. The second-order valence-corrected chi connectivity index (χ2v) is 4.12. The summed E-state index contributed by atoms with van der Waals surface area (Å²) in [4.78, 5) is 10.3. The van der Waals surface area contributed by atoms with Crippen LogP contribution in [0, 0.1) is 10.1 Å². The molecule has 1 aromatic carbocycles. The maximum absolute atomic E-state index is 10.7. The molecule has 3 nitrogen and oxygen atoms in total. The lowest BCUT2D eigenvalue weighted by atomic mass is 10.1. The fourth-order valence-corrected chi connectivity index (χ4v) is 1.66. The summed E-state index contributed by atoms with van der Waals surface area (Å²) in [6.45, 7) is 0. The molecular formula is C9H9BrClNO2. The number of hydrogen-bond acceptors (Lipinski definition) is 2. The first-order valence-corrected chi connectivity index (χ1v) is 5.46. The molecule has 0 N–H and O–H groups in total. The summed E-state index contributed by atoms with van der Waals surface area (Å²) >= 11 is 8.74. The average molecular weight is 279 g/mol. The number of nitrogens with zero attached hydrogens (tertiary/aromatic N) is 1. The topological polar surface area (TPSA) is 43.1 Å². The number of aryl methyl sites for hydroxylation is 1. The van der Waals surface area contributed by atoms with E-state index >= 15 is 0 Å². The van der Waals surface area contributed by atoms with Crippen LogP contribution in [0.4, 0.5) is 5.69 Å². The molecule has 0 fully saturated rings. The Morgan fingerprint density at radius 1 is 1.50 bits per heavy atom. The van der Waals surface area contributed by atoms with E-state index < -0.39 is 0 Å². The lowest BCUT2D eigenvalue weighted by molar-refractivity contribution is -0.385. The molecule has 0 saturated carbocycles. The molecule has 0 atom stereocenters. The molecule has 0 spiro atoms. The van der Waals surface area contributed by atoms with Gasteiger partial charge in [-0.1, -0.05) is 22.0 Å². The molecule has 1 aromatic rings. The Morgan fingerprint density at radius 2 is 2.21 bits per heavy atom. The minimum Gasteiger partial charge on any atom is -0.258 e. The van der Waals surface area contributed by atoms with Crippen molar-refractivity contribution in [2.45, 2.75) is 12.8 Å². The van der Waals surface area contributed by atoms with Crippen molar-refractivity contribution in [2.75, 3.05) is 5.88 Å². The van der Waals surface area contributed by atoms with E-state index in [9.17, 15) is 10.1 Å². The summed E-state index contributed by atoms with van der Waals surface area (Å²) in [7, 11) is 0. The highest BCUT2D eigenvalue weighted by Gasteiger charge is 2.12. The van der Waals surface area contributed by atoms with E-state index in [2.05, 4.69) is 15.9 Å². The summed E-state index contributed by atoms with van der Waals surface area (Å²) in [6, 6.07) is 5.08. The third kappa shape index (κ3) is 2.96. The van der Waals surface area contributed by atoms with Gasteiger partial charge in [0.2, 0.25) is 0 Å². The summed E-state index contributed by atoms with van der Waals surface area (Å²) in [5.41, 5.74) is 0.892. The van der Waals surface area contributed by atoms with E-state index in [4.69, 9.17) is 11.6 Å². The van der Waals surface area contributed by atoms with Crippen molar-refractivity contribution in [3.63, 3.8) is 0 Å². The molecule has 0 radical (unpaired) electrons. The minimum atomic E-state index is -0.367. The standard InChI is InChI=1S/C9H9BrClNO2/c10-8-4-3-7(2-1-5-11)9(6-8)12(13)14/h3-4,6H,1-2,5H2. The summed E-state index contributed by atoms with van der Waals surface area (Å²) in [5.74, 6) is 0.521. The van der Waals surface area contributed by atoms with E-state index in [1.54, 1.807) is 12.1 Å². The second kappa shape index (κ2) is 5.32. The Labute approximate surface area is 95.4 Å². The van der Waals surface area contributed by atoms with Crippen LogP contribution in [0.15, 0.2) is 22.7 Å². The molecule has 0 aromatic heterocycles. The molecule has 14 heavy (non-hydrogen) atoms. The van der Waals surface area contributed by atoms with E-state index in [1.165, 1.54) is 6.07 Å². The molecule has 76 valence electrons. The van der Waals surface area contributed by atoms with Crippen molar-refractivity contribution in [3.05, 3.63) is 38.3 Å². The largest absolute Gasteiger partial charge is 0.273 e. The Bertz CT molecular complexity index is 344. The molecule has 1 rings (SSSR count). The van der Waals surface area contributed by atoms with Crippen LogP contribution < -0.4 is 0 Å². The van der Waals surface area contributed by atoms with Gasteiger partial charge in [0.15, 0.2) is 0 Å². The number of nitro benzene ring substituents is 1. The number of halogens is 2. The predicted octanol–water partition coefficient (Wildman–Crippen LogP) is 3.53. The smallest absolute Gasteiger partial charge is 0.258 e. The number of rotatable bonds is 4. The number of hydrogen-bond donors (Lipinski definition) is 0. The number of benzene rings is 1. The normalized spacial score (nSPS) is 10.1. The molecule has 0 heterocycles. The first kappa shape index (κ1) is 11.5. The zero-order valence-corrected chi connectivity index (χ0v) is 9.71. The lowest BCUT2D eigenvalue weighted by Gasteiger charge is -2.01. The van der Waals surface area contributed by atoms with Gasteiger partial charge in [0.05, 0.1) is 4.92 Å². The van der Waals surface area contributed by atoms with Gasteiger partial charge in [-0.25, -0.2) is 0 Å². The minimum absolute atomic E-state index is 0.157. The van der Waals surface area contributed by atoms with E-state index in [0.29, 0.717) is 12.3 Å². The Morgan fingerprint density at radius 3 is 2.79 bits per heavy atom. The quantitative estimate of drug-likeness (QED) is 0.480. The second-order valence-electron chi connectivity index (χ2n) is 2.82.